The van der Waals surface area contributed by atoms with Gasteiger partial charge in [0, 0.05) is 13.3 Å². The lowest BCUT2D eigenvalue weighted by molar-refractivity contribution is -0.136. The van der Waals surface area contributed by atoms with Crippen LogP contribution in [0.15, 0.2) is 0 Å². The number of carbonyl (C=O) groups is 2. The van der Waals surface area contributed by atoms with E-state index < -0.39 is 26.9 Å². The van der Waals surface area contributed by atoms with Gasteiger partial charge in [0.15, 0.2) is 9.84 Å². The number of rotatable bonds is 1. The second kappa shape index (κ2) is 2.55. The molecule has 1 atom stereocenters. The number of hydrogen-bond acceptors (Lipinski definition) is 4. The Morgan fingerprint density at radius 2 is 1.92 bits per heavy atom. The Morgan fingerprint density at radius 3 is 2.08 bits per heavy atom. The van der Waals surface area contributed by atoms with Crippen LogP contribution >= 0.6 is 0 Å². The van der Waals surface area contributed by atoms with Crippen molar-refractivity contribution in [3.05, 3.63) is 0 Å². The molecule has 0 bridgehead atoms. The quantitative estimate of drug-likeness (QED) is 0.487. The van der Waals surface area contributed by atoms with Crippen molar-refractivity contribution in [1.82, 2.24) is 4.90 Å². The summed E-state index contributed by atoms with van der Waals surface area (Å²) in [7, 11) is -2.14. The van der Waals surface area contributed by atoms with Crippen LogP contribution in [0.2, 0.25) is 0 Å². The minimum atomic E-state index is -3.43. The number of likely N-dealkylation sites (tertiary alicyclic amines) is 1. The van der Waals surface area contributed by atoms with Gasteiger partial charge < -0.3 is 0 Å². The molecule has 0 aromatic carbocycles. The SMILES string of the molecule is CN1C(=O)CC(S(C)(=O)=O)C1=O. The molecular weight excluding hydrogens is 182 g/mol. The van der Waals surface area contributed by atoms with E-state index in [1.807, 2.05) is 0 Å². The molecule has 1 fully saturated rings. The van der Waals surface area contributed by atoms with E-state index >= 15 is 0 Å². The molecule has 0 saturated carbocycles. The topological polar surface area (TPSA) is 71.5 Å². The Bertz CT molecular complexity index is 331. The standard InChI is InChI=1S/C6H9NO4S/c1-7-5(8)3-4(6(7)9)12(2,10)11/h4H,3H2,1-2H3. The fraction of sp³-hybridized carbons (Fsp3) is 0.667. The minimum Gasteiger partial charge on any atom is -0.285 e. The summed E-state index contributed by atoms with van der Waals surface area (Å²) in [6.07, 6.45) is 0.746. The molecule has 5 nitrogen and oxygen atoms in total. The Labute approximate surface area is 70.3 Å². The molecule has 1 saturated heterocycles. The molecule has 1 aliphatic rings. The van der Waals surface area contributed by atoms with Crippen molar-refractivity contribution >= 4 is 21.7 Å². The van der Waals surface area contributed by atoms with Crippen LogP contribution in [0.5, 0.6) is 0 Å². The van der Waals surface area contributed by atoms with Crippen LogP contribution in [0.1, 0.15) is 6.42 Å². The second-order valence-corrected chi connectivity index (χ2v) is 5.04. The molecule has 1 heterocycles. The van der Waals surface area contributed by atoms with E-state index in [-0.39, 0.29) is 6.42 Å². The van der Waals surface area contributed by atoms with Gasteiger partial charge in [0.2, 0.25) is 11.8 Å². The van der Waals surface area contributed by atoms with Gasteiger partial charge in [-0.25, -0.2) is 8.42 Å². The largest absolute Gasteiger partial charge is 0.285 e. The zero-order valence-electron chi connectivity index (χ0n) is 6.77. The van der Waals surface area contributed by atoms with E-state index in [1.165, 1.54) is 7.05 Å². The smallest absolute Gasteiger partial charge is 0.247 e. The maximum Gasteiger partial charge on any atom is 0.247 e. The number of amides is 2. The van der Waals surface area contributed by atoms with E-state index in [0.717, 1.165) is 11.2 Å². The van der Waals surface area contributed by atoms with E-state index in [1.54, 1.807) is 0 Å². The monoisotopic (exact) mass is 191 g/mol. The first-order valence-electron chi connectivity index (χ1n) is 3.33. The van der Waals surface area contributed by atoms with Crippen LogP contribution < -0.4 is 0 Å². The fourth-order valence-electron chi connectivity index (χ4n) is 1.06. The van der Waals surface area contributed by atoms with Crippen molar-refractivity contribution in [2.75, 3.05) is 13.3 Å². The van der Waals surface area contributed by atoms with Gasteiger partial charge >= 0.3 is 0 Å². The molecule has 1 rings (SSSR count). The average Bonchev–Trinajstić information content (AvgIpc) is 2.15. The molecule has 68 valence electrons. The molecule has 2 amide bonds. The van der Waals surface area contributed by atoms with E-state index in [0.29, 0.717) is 0 Å². The summed E-state index contributed by atoms with van der Waals surface area (Å²) >= 11 is 0. The van der Waals surface area contributed by atoms with Crippen molar-refractivity contribution in [3.8, 4) is 0 Å². The highest BCUT2D eigenvalue weighted by molar-refractivity contribution is 7.92. The van der Waals surface area contributed by atoms with Gasteiger partial charge in [0.1, 0.15) is 5.25 Å². The summed E-state index contributed by atoms with van der Waals surface area (Å²) in [4.78, 5) is 22.8. The lowest BCUT2D eigenvalue weighted by Crippen LogP contribution is -2.31. The Balaban J connectivity index is 3.01. The van der Waals surface area contributed by atoms with Gasteiger partial charge in [0.25, 0.3) is 0 Å². The highest BCUT2D eigenvalue weighted by Gasteiger charge is 2.42. The molecule has 12 heavy (non-hydrogen) atoms. The third-order valence-corrected chi connectivity index (χ3v) is 3.26. The van der Waals surface area contributed by atoms with Crippen molar-refractivity contribution < 1.29 is 18.0 Å². The number of hydrogen-bond donors (Lipinski definition) is 0. The molecule has 0 aromatic heterocycles. The van der Waals surface area contributed by atoms with E-state index in [2.05, 4.69) is 0 Å². The molecule has 0 aliphatic carbocycles. The summed E-state index contributed by atoms with van der Waals surface area (Å²) in [5, 5.41) is -1.16. The van der Waals surface area contributed by atoms with Crippen LogP contribution in [0.25, 0.3) is 0 Å². The zero-order valence-corrected chi connectivity index (χ0v) is 7.59. The van der Waals surface area contributed by atoms with Crippen molar-refractivity contribution in [1.29, 1.82) is 0 Å². The maximum absolute atomic E-state index is 11.1. The summed E-state index contributed by atoms with van der Waals surface area (Å²) in [5.74, 6) is -1.06. The molecule has 6 heteroatoms. The van der Waals surface area contributed by atoms with Gasteiger partial charge in [-0.05, 0) is 0 Å². The van der Waals surface area contributed by atoms with Gasteiger partial charge in [0.05, 0.1) is 6.42 Å². The zero-order chi connectivity index (χ0) is 9.52. The van der Waals surface area contributed by atoms with Crippen LogP contribution in [0, 0.1) is 0 Å². The normalized spacial score (nSPS) is 25.2. The first kappa shape index (κ1) is 9.18. The molecule has 1 aliphatic heterocycles. The summed E-state index contributed by atoms with van der Waals surface area (Å²) < 4.78 is 21.9. The molecule has 0 N–H and O–H groups in total. The van der Waals surface area contributed by atoms with Crippen molar-refractivity contribution in [2.24, 2.45) is 0 Å². The average molecular weight is 191 g/mol. The Hall–Kier alpha value is -0.910. The minimum absolute atomic E-state index is 0.214. The predicted octanol–water partition coefficient (Wildman–Crippen LogP) is -1.21. The molecule has 0 radical (unpaired) electrons. The van der Waals surface area contributed by atoms with Crippen LogP contribution in [0.3, 0.4) is 0 Å². The highest BCUT2D eigenvalue weighted by Crippen LogP contribution is 2.17. The molecule has 0 aromatic rings. The third kappa shape index (κ3) is 1.34. The lowest BCUT2D eigenvalue weighted by atomic mass is 10.4. The number of sulfone groups is 1. The first-order valence-corrected chi connectivity index (χ1v) is 5.29. The predicted molar refractivity (Wildman–Crippen MR) is 41.0 cm³/mol. The maximum atomic E-state index is 11.1. The van der Waals surface area contributed by atoms with Crippen LogP contribution in [-0.4, -0.2) is 43.7 Å². The molecule has 1 unspecified atom stereocenters. The van der Waals surface area contributed by atoms with Crippen LogP contribution in [0.4, 0.5) is 0 Å². The van der Waals surface area contributed by atoms with E-state index in [4.69, 9.17) is 0 Å². The number of carbonyl (C=O) groups excluding carboxylic acids is 2. The van der Waals surface area contributed by atoms with Crippen molar-refractivity contribution in [2.45, 2.75) is 11.7 Å². The van der Waals surface area contributed by atoms with Crippen molar-refractivity contribution in [3.63, 3.8) is 0 Å². The van der Waals surface area contributed by atoms with Gasteiger partial charge in [-0.3, -0.25) is 14.5 Å². The van der Waals surface area contributed by atoms with Gasteiger partial charge in [-0.15, -0.1) is 0 Å². The first-order chi connectivity index (χ1) is 5.34. The lowest BCUT2D eigenvalue weighted by Gasteiger charge is -2.05. The molecular formula is C6H9NO4S. The van der Waals surface area contributed by atoms with E-state index in [9.17, 15) is 18.0 Å². The number of nitrogens with zero attached hydrogens (tertiary/aromatic N) is 1. The number of imide groups is 1. The fourth-order valence-corrected chi connectivity index (χ4v) is 2.03. The summed E-state index contributed by atoms with van der Waals surface area (Å²) in [6, 6.07) is 0. The second-order valence-electron chi connectivity index (χ2n) is 2.81. The van der Waals surface area contributed by atoms with Gasteiger partial charge in [-0.2, -0.15) is 0 Å². The van der Waals surface area contributed by atoms with Crippen LogP contribution in [-0.2, 0) is 19.4 Å². The summed E-state index contributed by atoms with van der Waals surface area (Å²) in [5.41, 5.74) is 0. The summed E-state index contributed by atoms with van der Waals surface area (Å²) in [6.45, 7) is 0. The Kier molecular flexibility index (Phi) is 1.95. The van der Waals surface area contributed by atoms with Gasteiger partial charge in [-0.1, -0.05) is 0 Å². The Morgan fingerprint density at radius 1 is 1.42 bits per heavy atom. The highest BCUT2D eigenvalue weighted by atomic mass is 32.2. The molecule has 0 spiro atoms. The third-order valence-electron chi connectivity index (χ3n) is 1.86.